The Kier molecular flexibility index (Phi) is 1.91. The van der Waals surface area contributed by atoms with Gasteiger partial charge < -0.3 is 4.74 Å². The molecule has 14 heavy (non-hydrogen) atoms. The highest BCUT2D eigenvalue weighted by molar-refractivity contribution is 5.45. The second-order valence-electron chi connectivity index (χ2n) is 4.89. The van der Waals surface area contributed by atoms with Crippen LogP contribution in [-0.4, -0.2) is 0 Å². The number of hydrogen-bond donors (Lipinski definition) is 0. The zero-order valence-corrected chi connectivity index (χ0v) is 9.05. The highest BCUT2D eigenvalue weighted by Gasteiger charge is 2.20. The lowest BCUT2D eigenvalue weighted by Crippen LogP contribution is -2.10. The highest BCUT2D eigenvalue weighted by atomic mass is 16.5. The van der Waals surface area contributed by atoms with Crippen LogP contribution in [-0.2, 0) is 11.8 Å². The van der Waals surface area contributed by atoms with Crippen LogP contribution in [0.25, 0.3) is 0 Å². The lowest BCUT2D eigenvalue weighted by atomic mass is 9.86. The van der Waals surface area contributed by atoms with Gasteiger partial charge in [0.25, 0.3) is 0 Å². The molecule has 0 aromatic heterocycles. The summed E-state index contributed by atoms with van der Waals surface area (Å²) in [6.07, 6.45) is 0.861. The first kappa shape index (κ1) is 9.32. The standard InChI is InChI=1S/C13H16O/c1-9-7-10-5-6-11(13(2,3)4)8-12(10)14-9/h5-6,8H,1,7H2,2-4H3. The first-order valence-electron chi connectivity index (χ1n) is 4.96. The van der Waals surface area contributed by atoms with Gasteiger partial charge in [-0.1, -0.05) is 39.5 Å². The Labute approximate surface area is 85.4 Å². The first-order chi connectivity index (χ1) is 6.47. The minimum absolute atomic E-state index is 0.183. The summed E-state index contributed by atoms with van der Waals surface area (Å²) in [7, 11) is 0. The van der Waals surface area contributed by atoms with Gasteiger partial charge in [-0.05, 0) is 17.0 Å². The minimum Gasteiger partial charge on any atom is -0.462 e. The molecule has 0 bridgehead atoms. The smallest absolute Gasteiger partial charge is 0.130 e. The van der Waals surface area contributed by atoms with Crippen LogP contribution in [0.5, 0.6) is 5.75 Å². The van der Waals surface area contributed by atoms with Crippen molar-refractivity contribution in [3.05, 3.63) is 41.7 Å². The van der Waals surface area contributed by atoms with Crippen molar-refractivity contribution in [1.29, 1.82) is 0 Å². The van der Waals surface area contributed by atoms with Crippen LogP contribution in [0.1, 0.15) is 31.9 Å². The van der Waals surface area contributed by atoms with Gasteiger partial charge in [-0.15, -0.1) is 0 Å². The fraction of sp³-hybridized carbons (Fsp3) is 0.385. The number of hydrogen-bond acceptors (Lipinski definition) is 1. The number of ether oxygens (including phenoxy) is 1. The molecule has 0 spiro atoms. The molecule has 0 fully saturated rings. The van der Waals surface area contributed by atoms with Crippen LogP contribution < -0.4 is 4.74 Å². The van der Waals surface area contributed by atoms with Gasteiger partial charge in [-0.25, -0.2) is 0 Å². The third kappa shape index (κ3) is 1.54. The van der Waals surface area contributed by atoms with E-state index in [1.165, 1.54) is 11.1 Å². The van der Waals surface area contributed by atoms with Gasteiger partial charge >= 0.3 is 0 Å². The van der Waals surface area contributed by atoms with Crippen molar-refractivity contribution < 1.29 is 4.74 Å². The van der Waals surface area contributed by atoms with Crippen LogP contribution in [0, 0.1) is 0 Å². The maximum Gasteiger partial charge on any atom is 0.130 e. The average Bonchev–Trinajstić information content (AvgIpc) is 2.41. The normalized spacial score (nSPS) is 15.2. The van der Waals surface area contributed by atoms with Gasteiger partial charge in [0.2, 0.25) is 0 Å². The number of allylic oxidation sites excluding steroid dienone is 1. The average molecular weight is 188 g/mol. The Morgan fingerprint density at radius 2 is 2.00 bits per heavy atom. The van der Waals surface area contributed by atoms with Crippen LogP contribution in [0.4, 0.5) is 0 Å². The van der Waals surface area contributed by atoms with Crippen LogP contribution >= 0.6 is 0 Å². The van der Waals surface area contributed by atoms with E-state index >= 15 is 0 Å². The molecule has 0 saturated carbocycles. The summed E-state index contributed by atoms with van der Waals surface area (Å²) in [5.74, 6) is 1.84. The zero-order chi connectivity index (χ0) is 10.3. The molecule has 0 N–H and O–H groups in total. The van der Waals surface area contributed by atoms with Gasteiger partial charge in [0.05, 0.1) is 0 Å². The molecule has 0 amide bonds. The largest absolute Gasteiger partial charge is 0.462 e. The van der Waals surface area contributed by atoms with E-state index in [4.69, 9.17) is 4.74 Å². The Morgan fingerprint density at radius 3 is 2.64 bits per heavy atom. The summed E-state index contributed by atoms with van der Waals surface area (Å²) >= 11 is 0. The molecule has 0 aliphatic carbocycles. The summed E-state index contributed by atoms with van der Waals surface area (Å²) in [5.41, 5.74) is 2.75. The topological polar surface area (TPSA) is 9.23 Å². The fourth-order valence-electron chi connectivity index (χ4n) is 1.67. The molecule has 0 radical (unpaired) electrons. The predicted octanol–water partition coefficient (Wildman–Crippen LogP) is 3.43. The van der Waals surface area contributed by atoms with E-state index in [0.29, 0.717) is 0 Å². The van der Waals surface area contributed by atoms with Crippen LogP contribution in [0.3, 0.4) is 0 Å². The van der Waals surface area contributed by atoms with Gasteiger partial charge in [-0.2, -0.15) is 0 Å². The van der Waals surface area contributed by atoms with Crippen molar-refractivity contribution in [3.8, 4) is 5.75 Å². The Balaban J connectivity index is 2.43. The molecule has 1 aliphatic rings. The van der Waals surface area contributed by atoms with E-state index in [0.717, 1.165) is 17.9 Å². The molecule has 0 unspecified atom stereocenters. The molecule has 1 aromatic carbocycles. The van der Waals surface area contributed by atoms with Gasteiger partial charge in [-0.3, -0.25) is 0 Å². The molecule has 1 nitrogen and oxygen atoms in total. The summed E-state index contributed by atoms with van der Waals surface area (Å²) in [6.45, 7) is 10.5. The summed E-state index contributed by atoms with van der Waals surface area (Å²) in [5, 5.41) is 0. The molecular formula is C13H16O. The minimum atomic E-state index is 0.183. The molecule has 1 heteroatoms. The van der Waals surface area contributed by atoms with Crippen molar-refractivity contribution in [1.82, 2.24) is 0 Å². The lowest BCUT2D eigenvalue weighted by Gasteiger charge is -2.19. The van der Waals surface area contributed by atoms with Gasteiger partial charge in [0, 0.05) is 12.0 Å². The third-order valence-corrected chi connectivity index (χ3v) is 2.58. The van der Waals surface area contributed by atoms with E-state index in [1.807, 2.05) is 0 Å². The highest BCUT2D eigenvalue weighted by Crippen LogP contribution is 2.34. The van der Waals surface area contributed by atoms with Crippen molar-refractivity contribution >= 4 is 0 Å². The predicted molar refractivity (Wildman–Crippen MR) is 58.6 cm³/mol. The summed E-state index contributed by atoms with van der Waals surface area (Å²) in [6, 6.07) is 6.46. The third-order valence-electron chi connectivity index (χ3n) is 2.58. The van der Waals surface area contributed by atoms with E-state index in [-0.39, 0.29) is 5.41 Å². The van der Waals surface area contributed by atoms with Crippen molar-refractivity contribution in [2.75, 3.05) is 0 Å². The van der Waals surface area contributed by atoms with Crippen molar-refractivity contribution in [2.45, 2.75) is 32.6 Å². The number of fused-ring (bicyclic) bond motifs is 1. The fourth-order valence-corrected chi connectivity index (χ4v) is 1.67. The van der Waals surface area contributed by atoms with Gasteiger partial charge in [0.1, 0.15) is 11.5 Å². The van der Waals surface area contributed by atoms with E-state index in [2.05, 4.69) is 45.5 Å². The molecule has 2 rings (SSSR count). The van der Waals surface area contributed by atoms with Crippen molar-refractivity contribution in [3.63, 3.8) is 0 Å². The summed E-state index contributed by atoms with van der Waals surface area (Å²) in [4.78, 5) is 0. The van der Waals surface area contributed by atoms with Gasteiger partial charge in [0.15, 0.2) is 0 Å². The molecule has 1 aromatic rings. The number of rotatable bonds is 0. The quantitative estimate of drug-likeness (QED) is 0.606. The van der Waals surface area contributed by atoms with Crippen LogP contribution in [0.15, 0.2) is 30.5 Å². The second kappa shape index (κ2) is 2.88. The van der Waals surface area contributed by atoms with E-state index < -0.39 is 0 Å². The lowest BCUT2D eigenvalue weighted by molar-refractivity contribution is 0.447. The maximum atomic E-state index is 5.55. The molecule has 1 heterocycles. The first-order valence-corrected chi connectivity index (χ1v) is 4.96. The Hall–Kier alpha value is -1.24. The molecule has 0 saturated heterocycles. The molecule has 1 aliphatic heterocycles. The maximum absolute atomic E-state index is 5.55. The number of benzene rings is 1. The molecule has 74 valence electrons. The zero-order valence-electron chi connectivity index (χ0n) is 9.05. The van der Waals surface area contributed by atoms with Crippen LogP contribution in [0.2, 0.25) is 0 Å². The van der Waals surface area contributed by atoms with E-state index in [9.17, 15) is 0 Å². The second-order valence-corrected chi connectivity index (χ2v) is 4.89. The molecular weight excluding hydrogens is 172 g/mol. The van der Waals surface area contributed by atoms with E-state index in [1.54, 1.807) is 0 Å². The summed E-state index contributed by atoms with van der Waals surface area (Å²) < 4.78 is 5.55. The Morgan fingerprint density at radius 1 is 1.29 bits per heavy atom. The SMILES string of the molecule is C=C1Cc2ccc(C(C)(C)C)cc2O1. The monoisotopic (exact) mass is 188 g/mol. The Bertz CT molecular complexity index is 383. The molecule has 0 atom stereocenters. The van der Waals surface area contributed by atoms with Crippen molar-refractivity contribution in [2.24, 2.45) is 0 Å².